The molecule has 1 unspecified atom stereocenters. The second kappa shape index (κ2) is 68.1. The lowest BCUT2D eigenvalue weighted by atomic mass is 10.0. The summed E-state index contributed by atoms with van der Waals surface area (Å²) in [5.41, 5.74) is 0. The highest BCUT2D eigenvalue weighted by atomic mass is 16.6. The highest BCUT2D eigenvalue weighted by Crippen LogP contribution is 2.17. The SMILES string of the molecule is CC/C=C\C/C=C\C/C=C\C/C=C\CCCCCCCCCCCCCCCCC(=O)OCC(COC(=O)CCCCCCCCCCCCCCCC)OC(=O)CCCCCCCC/C=C\C/C=C\C/C=C\CCCCCCC. The van der Waals surface area contributed by atoms with Crippen molar-refractivity contribution in [3.8, 4) is 0 Å². The predicted octanol–water partition coefficient (Wildman–Crippen LogP) is 23.8. The molecule has 0 heterocycles. The molecule has 1 atom stereocenters. The fraction of sp³-hybridized carbons (Fsp3) is 0.770. The van der Waals surface area contributed by atoms with E-state index in [4.69, 9.17) is 14.2 Å². The normalized spacial score (nSPS) is 12.6. The molecule has 6 heteroatoms. The molecule has 80 heavy (non-hydrogen) atoms. The standard InChI is InChI=1S/C74H130O6/c1-4-7-10-13-16-19-22-25-28-30-32-34-35-36-37-38-39-41-42-44-46-49-52-55-58-61-64-67-73(76)79-70-71(69-78-72(75)66-63-60-57-54-51-48-27-24-21-18-15-12-9-6-3)80-74(77)68-65-62-59-56-53-50-47-45-43-40-33-31-29-26-23-20-17-14-11-8-5-2/h7,10,16,19,23,25-26,28,31-34,43,45,71H,4-6,8-9,11-15,17-18,20-22,24,27,29-30,35-42,44,46-70H2,1-3H3/b10-7-,19-16-,26-23-,28-25-,33-31-,34-32-,45-43-. The number of allylic oxidation sites excluding steroid dienone is 14. The minimum absolute atomic E-state index is 0.0778. The summed E-state index contributed by atoms with van der Waals surface area (Å²) < 4.78 is 17.0. The van der Waals surface area contributed by atoms with Gasteiger partial charge in [0, 0.05) is 19.3 Å². The molecule has 0 aliphatic carbocycles. The summed E-state index contributed by atoms with van der Waals surface area (Å²) in [5.74, 6) is -0.872. The highest BCUT2D eigenvalue weighted by molar-refractivity contribution is 5.71. The van der Waals surface area contributed by atoms with Gasteiger partial charge in [-0.15, -0.1) is 0 Å². The Bertz CT molecular complexity index is 1520. The predicted molar refractivity (Wildman–Crippen MR) is 348 cm³/mol. The van der Waals surface area contributed by atoms with Crippen LogP contribution in [-0.4, -0.2) is 37.2 Å². The van der Waals surface area contributed by atoms with Crippen LogP contribution >= 0.6 is 0 Å². The topological polar surface area (TPSA) is 78.9 Å². The zero-order valence-electron chi connectivity index (χ0n) is 53.1. The fourth-order valence-electron chi connectivity index (χ4n) is 9.97. The van der Waals surface area contributed by atoms with Crippen LogP contribution in [0.5, 0.6) is 0 Å². The lowest BCUT2D eigenvalue weighted by Gasteiger charge is -2.18. The third-order valence-electron chi connectivity index (χ3n) is 15.1. The number of hydrogen-bond donors (Lipinski definition) is 0. The van der Waals surface area contributed by atoms with Crippen LogP contribution in [0.1, 0.15) is 348 Å². The summed E-state index contributed by atoms with van der Waals surface area (Å²) in [6.07, 6.45) is 90.3. The van der Waals surface area contributed by atoms with Crippen LogP contribution in [0.3, 0.4) is 0 Å². The molecule has 0 rings (SSSR count). The van der Waals surface area contributed by atoms with E-state index in [0.717, 1.165) is 109 Å². The lowest BCUT2D eigenvalue weighted by molar-refractivity contribution is -0.167. The second-order valence-electron chi connectivity index (χ2n) is 23.1. The Balaban J connectivity index is 4.30. The Hall–Kier alpha value is -3.41. The van der Waals surface area contributed by atoms with E-state index in [-0.39, 0.29) is 31.1 Å². The zero-order valence-corrected chi connectivity index (χ0v) is 53.1. The van der Waals surface area contributed by atoms with Crippen molar-refractivity contribution >= 4 is 17.9 Å². The summed E-state index contributed by atoms with van der Waals surface area (Å²) in [6.45, 7) is 6.55. The van der Waals surface area contributed by atoms with E-state index >= 15 is 0 Å². The molecular formula is C74H130O6. The first-order chi connectivity index (χ1) is 39.5. The molecule has 0 fully saturated rings. The molecule has 0 aromatic rings. The van der Waals surface area contributed by atoms with Crippen LogP contribution < -0.4 is 0 Å². The first kappa shape index (κ1) is 76.6. The van der Waals surface area contributed by atoms with Gasteiger partial charge in [0.1, 0.15) is 13.2 Å². The van der Waals surface area contributed by atoms with Gasteiger partial charge in [0.2, 0.25) is 0 Å². The average Bonchev–Trinajstić information content (AvgIpc) is 3.46. The first-order valence-corrected chi connectivity index (χ1v) is 34.6. The van der Waals surface area contributed by atoms with Crippen LogP contribution in [-0.2, 0) is 28.6 Å². The van der Waals surface area contributed by atoms with Crippen LogP contribution in [0, 0.1) is 0 Å². The Morgan fingerprint density at radius 3 is 0.762 bits per heavy atom. The summed E-state index contributed by atoms with van der Waals surface area (Å²) in [4.78, 5) is 38.4. The van der Waals surface area contributed by atoms with Gasteiger partial charge in [-0.3, -0.25) is 14.4 Å². The minimum Gasteiger partial charge on any atom is -0.462 e. The average molecular weight is 1120 g/mol. The Morgan fingerprint density at radius 2 is 0.487 bits per heavy atom. The van der Waals surface area contributed by atoms with Gasteiger partial charge in [0.25, 0.3) is 0 Å². The lowest BCUT2D eigenvalue weighted by Crippen LogP contribution is -2.30. The number of rotatable bonds is 63. The van der Waals surface area contributed by atoms with E-state index in [0.29, 0.717) is 19.3 Å². The number of unbranched alkanes of at least 4 members (excludes halogenated alkanes) is 38. The maximum absolute atomic E-state index is 12.9. The molecule has 0 saturated carbocycles. The van der Waals surface area contributed by atoms with Gasteiger partial charge >= 0.3 is 17.9 Å². The van der Waals surface area contributed by atoms with Gasteiger partial charge < -0.3 is 14.2 Å². The third kappa shape index (κ3) is 65.4. The Morgan fingerprint density at radius 1 is 0.263 bits per heavy atom. The van der Waals surface area contributed by atoms with E-state index in [1.807, 2.05) is 0 Å². The van der Waals surface area contributed by atoms with Gasteiger partial charge in [-0.2, -0.15) is 0 Å². The molecule has 6 nitrogen and oxygen atoms in total. The molecule has 0 radical (unpaired) electrons. The van der Waals surface area contributed by atoms with Gasteiger partial charge in [0.05, 0.1) is 0 Å². The first-order valence-electron chi connectivity index (χ1n) is 34.6. The Labute approximate surface area is 496 Å². The highest BCUT2D eigenvalue weighted by Gasteiger charge is 2.19. The number of carbonyl (C=O) groups is 3. The summed E-state index contributed by atoms with van der Waals surface area (Å²) in [7, 11) is 0. The van der Waals surface area contributed by atoms with E-state index in [1.54, 1.807) is 0 Å². The summed E-state index contributed by atoms with van der Waals surface area (Å²) in [5, 5.41) is 0. The summed E-state index contributed by atoms with van der Waals surface area (Å²) >= 11 is 0. The van der Waals surface area contributed by atoms with Crippen molar-refractivity contribution in [1.29, 1.82) is 0 Å². The molecule has 0 aromatic heterocycles. The Kier molecular flexibility index (Phi) is 65.2. The zero-order chi connectivity index (χ0) is 57.8. The van der Waals surface area contributed by atoms with E-state index < -0.39 is 6.10 Å². The molecule has 462 valence electrons. The monoisotopic (exact) mass is 1110 g/mol. The molecular weight excluding hydrogens is 985 g/mol. The van der Waals surface area contributed by atoms with Crippen molar-refractivity contribution < 1.29 is 28.6 Å². The van der Waals surface area contributed by atoms with Gasteiger partial charge in [-0.1, -0.05) is 318 Å². The van der Waals surface area contributed by atoms with Crippen LogP contribution in [0.2, 0.25) is 0 Å². The van der Waals surface area contributed by atoms with Gasteiger partial charge in [-0.25, -0.2) is 0 Å². The quantitative estimate of drug-likeness (QED) is 0.0261. The molecule has 0 spiro atoms. The van der Waals surface area contributed by atoms with Crippen LogP contribution in [0.25, 0.3) is 0 Å². The van der Waals surface area contributed by atoms with E-state index in [9.17, 15) is 14.4 Å². The van der Waals surface area contributed by atoms with Crippen LogP contribution in [0.15, 0.2) is 85.1 Å². The summed E-state index contributed by atoms with van der Waals surface area (Å²) in [6, 6.07) is 0. The molecule has 0 amide bonds. The van der Waals surface area contributed by atoms with Crippen molar-refractivity contribution in [2.45, 2.75) is 354 Å². The van der Waals surface area contributed by atoms with Gasteiger partial charge in [-0.05, 0) is 96.3 Å². The second-order valence-corrected chi connectivity index (χ2v) is 23.1. The number of esters is 3. The molecule has 0 N–H and O–H groups in total. The molecule has 0 bridgehead atoms. The maximum atomic E-state index is 12.9. The molecule has 0 aliphatic rings. The largest absolute Gasteiger partial charge is 0.462 e. The smallest absolute Gasteiger partial charge is 0.306 e. The van der Waals surface area contributed by atoms with Crippen molar-refractivity contribution in [2.24, 2.45) is 0 Å². The minimum atomic E-state index is -0.783. The molecule has 0 aliphatic heterocycles. The van der Waals surface area contributed by atoms with Crippen molar-refractivity contribution in [3.63, 3.8) is 0 Å². The van der Waals surface area contributed by atoms with Crippen molar-refractivity contribution in [1.82, 2.24) is 0 Å². The number of carbonyl (C=O) groups excluding carboxylic acids is 3. The number of hydrogen-bond acceptors (Lipinski definition) is 6. The fourth-order valence-corrected chi connectivity index (χ4v) is 9.97. The van der Waals surface area contributed by atoms with Crippen molar-refractivity contribution in [2.75, 3.05) is 13.2 Å². The maximum Gasteiger partial charge on any atom is 0.306 e. The third-order valence-corrected chi connectivity index (χ3v) is 15.1. The number of ether oxygens (including phenoxy) is 3. The molecule has 0 saturated heterocycles. The van der Waals surface area contributed by atoms with E-state index in [1.165, 1.54) is 199 Å². The van der Waals surface area contributed by atoms with Crippen LogP contribution in [0.4, 0.5) is 0 Å². The van der Waals surface area contributed by atoms with Gasteiger partial charge in [0.15, 0.2) is 6.10 Å². The molecule has 0 aromatic carbocycles. The van der Waals surface area contributed by atoms with Crippen molar-refractivity contribution in [3.05, 3.63) is 85.1 Å². The van der Waals surface area contributed by atoms with E-state index in [2.05, 4.69) is 106 Å².